The van der Waals surface area contributed by atoms with E-state index in [1.807, 2.05) is 0 Å². The third-order valence-corrected chi connectivity index (χ3v) is 5.87. The summed E-state index contributed by atoms with van der Waals surface area (Å²) in [4.78, 5) is 16.3. The molecule has 1 aliphatic heterocycles. The van der Waals surface area contributed by atoms with E-state index in [4.69, 9.17) is 0 Å². The third kappa shape index (κ3) is 5.95. The minimum Gasteiger partial charge on any atom is -0.368 e. The van der Waals surface area contributed by atoms with Crippen molar-refractivity contribution in [3.05, 3.63) is 30.1 Å². The Morgan fingerprint density at radius 3 is 2.27 bits per heavy atom. The molecule has 1 aliphatic rings. The number of hydrogen-bond acceptors (Lipinski definition) is 4. The van der Waals surface area contributed by atoms with E-state index >= 15 is 0 Å². The molecule has 0 bridgehead atoms. The van der Waals surface area contributed by atoms with Crippen LogP contribution in [0.4, 0.5) is 10.1 Å². The van der Waals surface area contributed by atoms with Crippen molar-refractivity contribution in [2.75, 3.05) is 50.4 Å². The van der Waals surface area contributed by atoms with E-state index in [1.165, 1.54) is 16.4 Å². The molecule has 0 N–H and O–H groups in total. The number of nitrogens with zero attached hydrogens (tertiary/aromatic N) is 3. The molecule has 1 amide bonds. The van der Waals surface area contributed by atoms with Crippen LogP contribution in [0.1, 0.15) is 26.2 Å². The molecule has 0 unspecified atom stereocenters. The van der Waals surface area contributed by atoms with Crippen LogP contribution in [-0.4, -0.2) is 69.1 Å². The molecular formula is C18H28FN3O3S. The first-order chi connectivity index (χ1) is 12.3. The minimum atomic E-state index is -3.40. The highest BCUT2D eigenvalue weighted by Crippen LogP contribution is 2.17. The van der Waals surface area contributed by atoms with Gasteiger partial charge >= 0.3 is 0 Å². The molecule has 6 nitrogen and oxygen atoms in total. The highest BCUT2D eigenvalue weighted by atomic mass is 32.2. The van der Waals surface area contributed by atoms with Crippen LogP contribution in [0.3, 0.4) is 0 Å². The van der Waals surface area contributed by atoms with Crippen LogP contribution < -0.4 is 4.90 Å². The summed E-state index contributed by atoms with van der Waals surface area (Å²) >= 11 is 0. The second-order valence-corrected chi connectivity index (χ2v) is 8.63. The van der Waals surface area contributed by atoms with Gasteiger partial charge in [-0.15, -0.1) is 0 Å². The average molecular weight is 386 g/mol. The quantitative estimate of drug-likeness (QED) is 0.642. The molecule has 8 heteroatoms. The molecular weight excluding hydrogens is 357 g/mol. The fourth-order valence-electron chi connectivity index (χ4n) is 3.02. The average Bonchev–Trinajstić information content (AvgIpc) is 2.61. The van der Waals surface area contributed by atoms with Crippen LogP contribution in [0.5, 0.6) is 0 Å². The standard InChI is InChI=1S/C18H28FN3O3S/c1-3-4-5-10-22(26(2,24)25)15-18(23)21-13-11-20(12-14-21)17-8-6-16(19)7-9-17/h6-9H,3-5,10-15H2,1-2H3. The Hall–Kier alpha value is -1.67. The Balaban J connectivity index is 1.88. The zero-order chi connectivity index (χ0) is 19.2. The maximum Gasteiger partial charge on any atom is 0.238 e. The Kier molecular flexibility index (Phi) is 7.40. The lowest BCUT2D eigenvalue weighted by Crippen LogP contribution is -2.51. The van der Waals surface area contributed by atoms with Gasteiger partial charge in [0.05, 0.1) is 12.8 Å². The second-order valence-electron chi connectivity index (χ2n) is 6.65. The predicted molar refractivity (Wildman–Crippen MR) is 101 cm³/mol. The van der Waals surface area contributed by atoms with Crippen LogP contribution in [0.15, 0.2) is 24.3 Å². The van der Waals surface area contributed by atoms with Crippen molar-refractivity contribution >= 4 is 21.6 Å². The van der Waals surface area contributed by atoms with Crippen molar-refractivity contribution in [3.63, 3.8) is 0 Å². The zero-order valence-corrected chi connectivity index (χ0v) is 16.3. The zero-order valence-electron chi connectivity index (χ0n) is 15.5. The second kappa shape index (κ2) is 9.32. The molecule has 0 radical (unpaired) electrons. The lowest BCUT2D eigenvalue weighted by atomic mass is 10.2. The molecule has 0 aromatic heterocycles. The number of amides is 1. The summed E-state index contributed by atoms with van der Waals surface area (Å²) in [5, 5.41) is 0. The first-order valence-electron chi connectivity index (χ1n) is 9.04. The van der Waals surface area contributed by atoms with Crippen molar-refractivity contribution in [2.24, 2.45) is 0 Å². The van der Waals surface area contributed by atoms with Gasteiger partial charge in [0.2, 0.25) is 15.9 Å². The summed E-state index contributed by atoms with van der Waals surface area (Å²) in [5.41, 5.74) is 0.927. The van der Waals surface area contributed by atoms with Crippen LogP contribution in [0.2, 0.25) is 0 Å². The van der Waals surface area contributed by atoms with Crippen molar-refractivity contribution in [1.29, 1.82) is 0 Å². The largest absolute Gasteiger partial charge is 0.368 e. The summed E-state index contributed by atoms with van der Waals surface area (Å²) < 4.78 is 38.2. The van der Waals surface area contributed by atoms with E-state index in [0.29, 0.717) is 32.7 Å². The van der Waals surface area contributed by atoms with Gasteiger partial charge in [0.25, 0.3) is 0 Å². The van der Waals surface area contributed by atoms with Gasteiger partial charge in [0, 0.05) is 38.4 Å². The van der Waals surface area contributed by atoms with E-state index in [2.05, 4.69) is 11.8 Å². The van der Waals surface area contributed by atoms with Gasteiger partial charge in [-0.25, -0.2) is 12.8 Å². The monoisotopic (exact) mass is 385 g/mol. The number of halogens is 1. The maximum absolute atomic E-state index is 13.0. The van der Waals surface area contributed by atoms with E-state index in [-0.39, 0.29) is 18.3 Å². The first-order valence-corrected chi connectivity index (χ1v) is 10.9. The number of carbonyl (C=O) groups excluding carboxylic acids is 1. The highest BCUT2D eigenvalue weighted by molar-refractivity contribution is 7.88. The topological polar surface area (TPSA) is 60.9 Å². The molecule has 2 rings (SSSR count). The Morgan fingerprint density at radius 2 is 1.73 bits per heavy atom. The number of carbonyl (C=O) groups is 1. The molecule has 1 aromatic carbocycles. The van der Waals surface area contributed by atoms with Gasteiger partial charge in [-0.2, -0.15) is 4.31 Å². The smallest absolute Gasteiger partial charge is 0.238 e. The lowest BCUT2D eigenvalue weighted by Gasteiger charge is -2.36. The summed E-state index contributed by atoms with van der Waals surface area (Å²) in [7, 11) is -3.40. The van der Waals surface area contributed by atoms with Crippen molar-refractivity contribution in [3.8, 4) is 0 Å². The van der Waals surface area contributed by atoms with Gasteiger partial charge in [-0.1, -0.05) is 19.8 Å². The van der Waals surface area contributed by atoms with Crippen LogP contribution >= 0.6 is 0 Å². The Labute approximate surface area is 155 Å². The summed E-state index contributed by atoms with van der Waals surface area (Å²) in [5.74, 6) is -0.433. The predicted octanol–water partition coefficient (Wildman–Crippen LogP) is 1.93. The number of piperazine rings is 1. The normalized spacial score (nSPS) is 15.5. The molecule has 0 aliphatic carbocycles. The third-order valence-electron chi connectivity index (χ3n) is 4.62. The van der Waals surface area contributed by atoms with Crippen LogP contribution in [0.25, 0.3) is 0 Å². The van der Waals surface area contributed by atoms with E-state index in [0.717, 1.165) is 31.2 Å². The molecule has 1 saturated heterocycles. The number of benzene rings is 1. The fourth-order valence-corrected chi connectivity index (χ4v) is 3.82. The van der Waals surface area contributed by atoms with Crippen LogP contribution in [-0.2, 0) is 14.8 Å². The van der Waals surface area contributed by atoms with Gasteiger partial charge in [-0.3, -0.25) is 4.79 Å². The Morgan fingerprint density at radius 1 is 1.12 bits per heavy atom. The number of unbranched alkanes of at least 4 members (excludes halogenated alkanes) is 2. The first kappa shape index (κ1) is 20.6. The van der Waals surface area contributed by atoms with Crippen molar-refractivity contribution in [1.82, 2.24) is 9.21 Å². The molecule has 0 saturated carbocycles. The molecule has 1 heterocycles. The van der Waals surface area contributed by atoms with Crippen LogP contribution in [0, 0.1) is 5.82 Å². The number of hydrogen-bond donors (Lipinski definition) is 0. The molecule has 1 aromatic rings. The SMILES string of the molecule is CCCCCN(CC(=O)N1CCN(c2ccc(F)cc2)CC1)S(C)(=O)=O. The van der Waals surface area contributed by atoms with Gasteiger partial charge in [-0.05, 0) is 30.7 Å². The van der Waals surface area contributed by atoms with Crippen molar-refractivity contribution < 1.29 is 17.6 Å². The maximum atomic E-state index is 13.0. The molecule has 26 heavy (non-hydrogen) atoms. The minimum absolute atomic E-state index is 0.0981. The van der Waals surface area contributed by atoms with E-state index in [9.17, 15) is 17.6 Å². The molecule has 0 atom stereocenters. The highest BCUT2D eigenvalue weighted by Gasteiger charge is 2.26. The van der Waals surface area contributed by atoms with Gasteiger partial charge in [0.1, 0.15) is 5.82 Å². The van der Waals surface area contributed by atoms with Gasteiger partial charge in [0.15, 0.2) is 0 Å². The fraction of sp³-hybridized carbons (Fsp3) is 0.611. The molecule has 146 valence electrons. The summed E-state index contributed by atoms with van der Waals surface area (Å²) in [6.07, 6.45) is 3.85. The number of anilines is 1. The molecule has 1 fully saturated rings. The number of rotatable bonds is 8. The molecule has 0 spiro atoms. The van der Waals surface area contributed by atoms with E-state index in [1.54, 1.807) is 17.0 Å². The summed E-state index contributed by atoms with van der Waals surface area (Å²) in [6, 6.07) is 6.30. The lowest BCUT2D eigenvalue weighted by molar-refractivity contribution is -0.131. The van der Waals surface area contributed by atoms with Crippen molar-refractivity contribution in [2.45, 2.75) is 26.2 Å². The number of sulfonamides is 1. The Bertz CT molecular complexity index is 686. The van der Waals surface area contributed by atoms with Gasteiger partial charge < -0.3 is 9.80 Å². The summed E-state index contributed by atoms with van der Waals surface area (Å²) in [6.45, 7) is 4.69. The van der Waals surface area contributed by atoms with E-state index < -0.39 is 10.0 Å².